The molecule has 0 aromatic carbocycles. The average molecular weight is 204 g/mol. The summed E-state index contributed by atoms with van der Waals surface area (Å²) in [6.07, 6.45) is 1.35. The Morgan fingerprint density at radius 3 is 2.50 bits per heavy atom. The maximum Gasteiger partial charge on any atom is 0.573 e. The summed E-state index contributed by atoms with van der Waals surface area (Å²) in [4.78, 5) is 0. The number of alkyl halides is 3. The van der Waals surface area contributed by atoms with Crippen molar-refractivity contribution in [2.75, 3.05) is 0 Å². The molecule has 0 spiro atoms. The fraction of sp³-hybridized carbons (Fsp3) is 0.400. The lowest BCUT2D eigenvalue weighted by atomic mass is 10.0. The summed E-state index contributed by atoms with van der Waals surface area (Å²) in [5.74, 6) is -0.0400. The van der Waals surface area contributed by atoms with Crippen LogP contribution in [0.2, 0.25) is 0 Å². The molecule has 0 aromatic heterocycles. The minimum atomic E-state index is -4.62. The molecule has 1 nitrogen and oxygen atoms in total. The second-order valence-electron chi connectivity index (χ2n) is 3.18. The van der Waals surface area contributed by atoms with E-state index in [1.165, 1.54) is 12.2 Å². The highest BCUT2D eigenvalue weighted by Crippen LogP contribution is 2.24. The summed E-state index contributed by atoms with van der Waals surface area (Å²) >= 11 is 0. The zero-order chi connectivity index (χ0) is 10.8. The largest absolute Gasteiger partial charge is 0.573 e. The van der Waals surface area contributed by atoms with Crippen LogP contribution < -0.4 is 0 Å². The Morgan fingerprint density at radius 2 is 1.93 bits per heavy atom. The van der Waals surface area contributed by atoms with Crippen LogP contribution in [-0.4, -0.2) is 6.36 Å². The molecule has 0 heterocycles. The van der Waals surface area contributed by atoms with Crippen molar-refractivity contribution in [1.29, 1.82) is 0 Å². The summed E-state index contributed by atoms with van der Waals surface area (Å²) in [6, 6.07) is 0. The van der Waals surface area contributed by atoms with E-state index in [4.69, 9.17) is 0 Å². The molecule has 1 aliphatic carbocycles. The van der Waals surface area contributed by atoms with Crippen LogP contribution in [0.15, 0.2) is 35.6 Å². The quantitative estimate of drug-likeness (QED) is 0.634. The SMILES string of the molecule is CC1=CC=C(OC(F)(F)F)C=CC1C. The normalized spacial score (nSPS) is 22.5. The molecule has 1 aliphatic rings. The van der Waals surface area contributed by atoms with Crippen molar-refractivity contribution in [3.05, 3.63) is 35.6 Å². The lowest BCUT2D eigenvalue weighted by Crippen LogP contribution is -2.11. The van der Waals surface area contributed by atoms with Crippen molar-refractivity contribution >= 4 is 0 Å². The van der Waals surface area contributed by atoms with Gasteiger partial charge < -0.3 is 4.74 Å². The number of hydrogen-bond acceptors (Lipinski definition) is 1. The molecule has 0 saturated heterocycles. The molecule has 1 rings (SSSR count). The lowest BCUT2D eigenvalue weighted by Gasteiger charge is -2.08. The van der Waals surface area contributed by atoms with Gasteiger partial charge in [-0.15, -0.1) is 13.2 Å². The summed E-state index contributed by atoms with van der Waals surface area (Å²) in [5.41, 5.74) is 1.00. The predicted molar refractivity (Wildman–Crippen MR) is 47.3 cm³/mol. The first kappa shape index (κ1) is 10.9. The highest BCUT2D eigenvalue weighted by molar-refractivity contribution is 5.28. The molecule has 4 heteroatoms. The van der Waals surface area contributed by atoms with E-state index in [2.05, 4.69) is 4.74 Å². The Bertz CT molecular complexity index is 297. The van der Waals surface area contributed by atoms with E-state index in [0.717, 1.165) is 5.57 Å². The van der Waals surface area contributed by atoms with Crippen molar-refractivity contribution in [1.82, 2.24) is 0 Å². The molecule has 0 aliphatic heterocycles. The number of ether oxygens (including phenoxy) is 1. The van der Waals surface area contributed by atoms with Crippen molar-refractivity contribution < 1.29 is 17.9 Å². The van der Waals surface area contributed by atoms with Crippen LogP contribution in [0.5, 0.6) is 0 Å². The smallest absolute Gasteiger partial charge is 0.406 e. The van der Waals surface area contributed by atoms with Gasteiger partial charge in [0, 0.05) is 0 Å². The van der Waals surface area contributed by atoms with Crippen LogP contribution in [0.1, 0.15) is 13.8 Å². The van der Waals surface area contributed by atoms with Crippen LogP contribution in [-0.2, 0) is 4.74 Å². The summed E-state index contributed by atoms with van der Waals surface area (Å²) in [6.45, 7) is 3.77. The molecule has 0 saturated carbocycles. The molecule has 1 unspecified atom stereocenters. The molecule has 0 aromatic rings. The van der Waals surface area contributed by atoms with Gasteiger partial charge in [-0.05, 0) is 25.0 Å². The molecule has 78 valence electrons. The van der Waals surface area contributed by atoms with Gasteiger partial charge in [-0.2, -0.15) is 0 Å². The molecule has 0 fully saturated rings. The lowest BCUT2D eigenvalue weighted by molar-refractivity contribution is -0.303. The highest BCUT2D eigenvalue weighted by Gasteiger charge is 2.31. The van der Waals surface area contributed by atoms with Crippen LogP contribution in [0, 0.1) is 5.92 Å². The first-order valence-corrected chi connectivity index (χ1v) is 4.21. The van der Waals surface area contributed by atoms with E-state index in [-0.39, 0.29) is 11.7 Å². The topological polar surface area (TPSA) is 9.23 Å². The first-order chi connectivity index (χ1) is 6.38. The number of hydrogen-bond donors (Lipinski definition) is 0. The van der Waals surface area contributed by atoms with Gasteiger partial charge in [0.1, 0.15) is 5.76 Å². The van der Waals surface area contributed by atoms with E-state index in [9.17, 15) is 13.2 Å². The summed E-state index contributed by atoms with van der Waals surface area (Å²) in [7, 11) is 0. The molecule has 0 N–H and O–H groups in total. The molecule has 0 bridgehead atoms. The van der Waals surface area contributed by atoms with Gasteiger partial charge in [-0.3, -0.25) is 0 Å². The van der Waals surface area contributed by atoms with E-state index in [0.29, 0.717) is 0 Å². The number of allylic oxidation sites excluding steroid dienone is 5. The Labute approximate surface area is 80.6 Å². The standard InChI is InChI=1S/C10H11F3O/c1-7-3-5-9(6-4-8(7)2)14-10(11,12)13/h3-7H,1-2H3. The molecule has 1 atom stereocenters. The van der Waals surface area contributed by atoms with Crippen LogP contribution in [0.4, 0.5) is 13.2 Å². The van der Waals surface area contributed by atoms with Gasteiger partial charge in [-0.25, -0.2) is 0 Å². The molecular weight excluding hydrogens is 193 g/mol. The van der Waals surface area contributed by atoms with Crippen LogP contribution >= 0.6 is 0 Å². The fourth-order valence-electron chi connectivity index (χ4n) is 1.01. The Morgan fingerprint density at radius 1 is 1.29 bits per heavy atom. The Hall–Kier alpha value is -1.19. The van der Waals surface area contributed by atoms with Crippen LogP contribution in [0.3, 0.4) is 0 Å². The molecule has 14 heavy (non-hydrogen) atoms. The minimum Gasteiger partial charge on any atom is -0.406 e. The summed E-state index contributed by atoms with van der Waals surface area (Å²) < 4.78 is 39.3. The molecule has 0 amide bonds. The first-order valence-electron chi connectivity index (χ1n) is 4.21. The van der Waals surface area contributed by atoms with E-state index in [1.54, 1.807) is 12.2 Å². The maximum absolute atomic E-state index is 11.8. The van der Waals surface area contributed by atoms with E-state index in [1.807, 2.05) is 13.8 Å². The number of rotatable bonds is 1. The Balaban J connectivity index is 2.78. The van der Waals surface area contributed by atoms with E-state index >= 15 is 0 Å². The van der Waals surface area contributed by atoms with Gasteiger partial charge in [0.25, 0.3) is 0 Å². The average Bonchev–Trinajstić information content (AvgIpc) is 2.17. The van der Waals surface area contributed by atoms with Gasteiger partial charge >= 0.3 is 6.36 Å². The van der Waals surface area contributed by atoms with Crippen molar-refractivity contribution in [3.63, 3.8) is 0 Å². The minimum absolute atomic E-state index is 0.139. The second kappa shape index (κ2) is 3.90. The third-order valence-electron chi connectivity index (χ3n) is 2.01. The zero-order valence-corrected chi connectivity index (χ0v) is 7.93. The third kappa shape index (κ3) is 3.28. The second-order valence-corrected chi connectivity index (χ2v) is 3.18. The molecular formula is C10H11F3O. The fourth-order valence-corrected chi connectivity index (χ4v) is 1.01. The Kier molecular flexibility index (Phi) is 3.03. The van der Waals surface area contributed by atoms with Crippen molar-refractivity contribution in [2.24, 2.45) is 5.92 Å². The van der Waals surface area contributed by atoms with Crippen molar-refractivity contribution in [3.8, 4) is 0 Å². The maximum atomic E-state index is 11.8. The highest BCUT2D eigenvalue weighted by atomic mass is 19.4. The number of halogens is 3. The van der Waals surface area contributed by atoms with Gasteiger partial charge in [0.05, 0.1) is 0 Å². The van der Waals surface area contributed by atoms with E-state index < -0.39 is 6.36 Å². The predicted octanol–water partition coefficient (Wildman–Crippen LogP) is 3.56. The van der Waals surface area contributed by atoms with Gasteiger partial charge in [-0.1, -0.05) is 24.6 Å². The van der Waals surface area contributed by atoms with Gasteiger partial charge in [0.15, 0.2) is 0 Å². The van der Waals surface area contributed by atoms with Crippen molar-refractivity contribution in [2.45, 2.75) is 20.2 Å². The molecule has 0 radical (unpaired) electrons. The van der Waals surface area contributed by atoms with Crippen LogP contribution in [0.25, 0.3) is 0 Å². The zero-order valence-electron chi connectivity index (χ0n) is 7.93. The third-order valence-corrected chi connectivity index (χ3v) is 2.01. The monoisotopic (exact) mass is 204 g/mol. The summed E-state index contributed by atoms with van der Waals surface area (Å²) in [5, 5.41) is 0. The van der Waals surface area contributed by atoms with Gasteiger partial charge in [0.2, 0.25) is 0 Å².